The van der Waals surface area contributed by atoms with Gasteiger partial charge in [0.1, 0.15) is 11.5 Å². The van der Waals surface area contributed by atoms with E-state index in [0.717, 1.165) is 15.8 Å². The lowest BCUT2D eigenvalue weighted by molar-refractivity contribution is 0.194. The van der Waals surface area contributed by atoms with E-state index in [-0.39, 0.29) is 0 Å². The standard InChI is InChI=1S/C14H14BrNO2/c1-9-7-11(3-5-13(9)15)18-12-4-6-14(10(2)17)16-8-12/h3-8,10,17H,1-2H3. The number of benzene rings is 1. The molecule has 0 aliphatic heterocycles. The maximum Gasteiger partial charge on any atom is 0.145 e. The van der Waals surface area contributed by atoms with Crippen LogP contribution in [0.15, 0.2) is 41.0 Å². The second-order valence-corrected chi connectivity index (χ2v) is 4.96. The fourth-order valence-corrected chi connectivity index (χ4v) is 1.76. The van der Waals surface area contributed by atoms with Crippen molar-refractivity contribution in [2.75, 3.05) is 0 Å². The van der Waals surface area contributed by atoms with Crippen molar-refractivity contribution in [1.82, 2.24) is 4.98 Å². The van der Waals surface area contributed by atoms with E-state index in [1.807, 2.05) is 25.1 Å². The molecule has 0 aliphatic rings. The molecule has 1 unspecified atom stereocenters. The van der Waals surface area contributed by atoms with Crippen LogP contribution in [0.4, 0.5) is 0 Å². The summed E-state index contributed by atoms with van der Waals surface area (Å²) < 4.78 is 6.74. The van der Waals surface area contributed by atoms with Gasteiger partial charge in [-0.3, -0.25) is 4.98 Å². The van der Waals surface area contributed by atoms with Crippen LogP contribution in [0.3, 0.4) is 0 Å². The van der Waals surface area contributed by atoms with Crippen LogP contribution in [0.2, 0.25) is 0 Å². The summed E-state index contributed by atoms with van der Waals surface area (Å²) in [5.41, 5.74) is 1.75. The van der Waals surface area contributed by atoms with Crippen molar-refractivity contribution in [2.45, 2.75) is 20.0 Å². The lowest BCUT2D eigenvalue weighted by Crippen LogP contribution is -1.95. The summed E-state index contributed by atoms with van der Waals surface area (Å²) in [5.74, 6) is 1.42. The number of aliphatic hydroxyl groups is 1. The highest BCUT2D eigenvalue weighted by molar-refractivity contribution is 9.10. The van der Waals surface area contributed by atoms with Crippen molar-refractivity contribution >= 4 is 15.9 Å². The average Bonchev–Trinajstić information content (AvgIpc) is 2.34. The van der Waals surface area contributed by atoms with E-state index >= 15 is 0 Å². The van der Waals surface area contributed by atoms with E-state index in [9.17, 15) is 5.11 Å². The fraction of sp³-hybridized carbons (Fsp3) is 0.214. The summed E-state index contributed by atoms with van der Waals surface area (Å²) >= 11 is 3.44. The third kappa shape index (κ3) is 3.09. The van der Waals surface area contributed by atoms with Crippen LogP contribution in [0.5, 0.6) is 11.5 Å². The van der Waals surface area contributed by atoms with Gasteiger partial charge >= 0.3 is 0 Å². The van der Waals surface area contributed by atoms with Crippen LogP contribution in [-0.2, 0) is 0 Å². The first-order valence-electron chi connectivity index (χ1n) is 5.64. The van der Waals surface area contributed by atoms with Crippen molar-refractivity contribution in [1.29, 1.82) is 0 Å². The normalized spacial score (nSPS) is 12.2. The van der Waals surface area contributed by atoms with Crippen molar-refractivity contribution in [3.05, 3.63) is 52.3 Å². The first-order valence-corrected chi connectivity index (χ1v) is 6.43. The van der Waals surface area contributed by atoms with Crippen molar-refractivity contribution in [3.63, 3.8) is 0 Å². The predicted octanol–water partition coefficient (Wildman–Crippen LogP) is 4.00. The number of rotatable bonds is 3. The van der Waals surface area contributed by atoms with Crippen molar-refractivity contribution in [3.8, 4) is 11.5 Å². The van der Waals surface area contributed by atoms with Crippen molar-refractivity contribution in [2.24, 2.45) is 0 Å². The van der Waals surface area contributed by atoms with Gasteiger partial charge in [-0.25, -0.2) is 0 Å². The fourth-order valence-electron chi connectivity index (χ4n) is 1.52. The Balaban J connectivity index is 2.15. The zero-order valence-electron chi connectivity index (χ0n) is 10.2. The van der Waals surface area contributed by atoms with Crippen LogP contribution in [0, 0.1) is 6.92 Å². The van der Waals surface area contributed by atoms with Crippen LogP contribution in [-0.4, -0.2) is 10.1 Å². The quantitative estimate of drug-likeness (QED) is 0.932. The van der Waals surface area contributed by atoms with Gasteiger partial charge in [0.15, 0.2) is 0 Å². The molecule has 0 saturated carbocycles. The van der Waals surface area contributed by atoms with Gasteiger partial charge in [0.2, 0.25) is 0 Å². The minimum absolute atomic E-state index is 0.561. The van der Waals surface area contributed by atoms with Gasteiger partial charge in [-0.05, 0) is 49.7 Å². The van der Waals surface area contributed by atoms with E-state index in [4.69, 9.17) is 4.74 Å². The van der Waals surface area contributed by atoms with Crippen LogP contribution in [0.1, 0.15) is 24.3 Å². The SMILES string of the molecule is Cc1cc(Oc2ccc(C(C)O)nc2)ccc1Br. The maximum atomic E-state index is 9.36. The molecule has 1 aromatic carbocycles. The molecule has 0 amide bonds. The highest BCUT2D eigenvalue weighted by Gasteiger charge is 2.04. The Bertz CT molecular complexity index is 538. The minimum atomic E-state index is -0.561. The highest BCUT2D eigenvalue weighted by atomic mass is 79.9. The Kier molecular flexibility index (Phi) is 3.99. The third-order valence-corrected chi connectivity index (χ3v) is 3.44. The van der Waals surface area contributed by atoms with Gasteiger partial charge in [-0.15, -0.1) is 0 Å². The molecule has 2 aromatic rings. The molecule has 1 aromatic heterocycles. The Labute approximate surface area is 115 Å². The van der Waals surface area contributed by atoms with E-state index in [1.165, 1.54) is 0 Å². The predicted molar refractivity (Wildman–Crippen MR) is 73.8 cm³/mol. The molecule has 0 spiro atoms. The average molecular weight is 308 g/mol. The summed E-state index contributed by atoms with van der Waals surface area (Å²) in [5, 5.41) is 9.36. The molecule has 94 valence electrons. The molecule has 1 N–H and O–H groups in total. The summed E-state index contributed by atoms with van der Waals surface area (Å²) in [6.45, 7) is 3.69. The molecule has 2 rings (SSSR count). The first-order chi connectivity index (χ1) is 8.56. The number of ether oxygens (including phenoxy) is 1. The molecule has 4 heteroatoms. The van der Waals surface area contributed by atoms with Crippen LogP contribution < -0.4 is 4.74 Å². The largest absolute Gasteiger partial charge is 0.456 e. The van der Waals surface area contributed by atoms with Gasteiger partial charge in [0.05, 0.1) is 18.0 Å². The number of aromatic nitrogens is 1. The summed E-state index contributed by atoms with van der Waals surface area (Å²) in [6.07, 6.45) is 1.05. The van der Waals surface area contributed by atoms with Gasteiger partial charge in [0, 0.05) is 4.47 Å². The molecule has 1 atom stereocenters. The molecule has 18 heavy (non-hydrogen) atoms. The lowest BCUT2D eigenvalue weighted by Gasteiger charge is -2.08. The number of nitrogens with zero attached hydrogens (tertiary/aromatic N) is 1. The van der Waals surface area contributed by atoms with E-state index in [1.54, 1.807) is 25.3 Å². The van der Waals surface area contributed by atoms with Gasteiger partial charge < -0.3 is 9.84 Å². The molecule has 0 radical (unpaired) electrons. The smallest absolute Gasteiger partial charge is 0.145 e. The number of halogens is 1. The van der Waals surface area contributed by atoms with E-state index in [2.05, 4.69) is 20.9 Å². The molecule has 0 bridgehead atoms. The minimum Gasteiger partial charge on any atom is -0.456 e. The van der Waals surface area contributed by atoms with Crippen molar-refractivity contribution < 1.29 is 9.84 Å². The zero-order chi connectivity index (χ0) is 13.1. The number of hydrogen-bond acceptors (Lipinski definition) is 3. The lowest BCUT2D eigenvalue weighted by atomic mass is 10.2. The Morgan fingerprint density at radius 1 is 1.22 bits per heavy atom. The van der Waals surface area contributed by atoms with Crippen LogP contribution >= 0.6 is 15.9 Å². The number of aliphatic hydroxyl groups excluding tert-OH is 1. The molecule has 1 heterocycles. The summed E-state index contributed by atoms with van der Waals surface area (Å²) in [6, 6.07) is 9.34. The molecular formula is C14H14BrNO2. The summed E-state index contributed by atoms with van der Waals surface area (Å²) in [7, 11) is 0. The van der Waals surface area contributed by atoms with E-state index in [0.29, 0.717) is 11.4 Å². The number of aryl methyl sites for hydroxylation is 1. The highest BCUT2D eigenvalue weighted by Crippen LogP contribution is 2.26. The Morgan fingerprint density at radius 3 is 2.50 bits per heavy atom. The zero-order valence-corrected chi connectivity index (χ0v) is 11.8. The topological polar surface area (TPSA) is 42.4 Å². The van der Waals surface area contributed by atoms with E-state index < -0.39 is 6.10 Å². The summed E-state index contributed by atoms with van der Waals surface area (Å²) in [4.78, 5) is 4.13. The Hall–Kier alpha value is -1.39. The van der Waals surface area contributed by atoms with Gasteiger partial charge in [-0.1, -0.05) is 15.9 Å². The van der Waals surface area contributed by atoms with Crippen LogP contribution in [0.25, 0.3) is 0 Å². The molecular weight excluding hydrogens is 294 g/mol. The molecule has 0 fully saturated rings. The molecule has 0 saturated heterocycles. The second-order valence-electron chi connectivity index (χ2n) is 4.11. The Morgan fingerprint density at radius 2 is 1.94 bits per heavy atom. The molecule has 3 nitrogen and oxygen atoms in total. The monoisotopic (exact) mass is 307 g/mol. The number of hydrogen-bond donors (Lipinski definition) is 1. The van der Waals surface area contributed by atoms with Gasteiger partial charge in [0.25, 0.3) is 0 Å². The molecule has 0 aliphatic carbocycles. The number of pyridine rings is 1. The second kappa shape index (κ2) is 5.50. The maximum absolute atomic E-state index is 9.36. The first kappa shape index (κ1) is 13.1. The third-order valence-electron chi connectivity index (χ3n) is 2.55. The van der Waals surface area contributed by atoms with Gasteiger partial charge in [-0.2, -0.15) is 0 Å².